The first kappa shape index (κ1) is 18.3. The Kier molecular flexibility index (Phi) is 4.92. The monoisotopic (exact) mass is 395 g/mol. The van der Waals surface area contributed by atoms with Gasteiger partial charge in [0.25, 0.3) is 5.91 Å². The van der Waals surface area contributed by atoms with Gasteiger partial charge in [0.05, 0.1) is 18.6 Å². The molecule has 1 N–H and O–H groups in total. The summed E-state index contributed by atoms with van der Waals surface area (Å²) in [6.45, 7) is 0. The minimum absolute atomic E-state index is 0.312. The van der Waals surface area contributed by atoms with E-state index < -0.39 is 12.0 Å². The Bertz CT molecular complexity index is 998. The molecule has 142 valence electrons. The molecule has 1 aliphatic heterocycles. The lowest BCUT2D eigenvalue weighted by atomic mass is 10.0. The number of carbonyl (C=O) groups is 2. The van der Waals surface area contributed by atoms with Crippen molar-refractivity contribution in [2.45, 2.75) is 24.9 Å². The zero-order chi connectivity index (χ0) is 19.7. The van der Waals surface area contributed by atoms with Gasteiger partial charge >= 0.3 is 5.97 Å². The van der Waals surface area contributed by atoms with Gasteiger partial charge in [0.2, 0.25) is 0 Å². The molecule has 3 aromatic rings. The Morgan fingerprint density at radius 2 is 1.75 bits per heavy atom. The molecule has 6 heteroatoms. The number of carboxylic acid groups (broad SMARTS) is 1. The molecule has 0 bridgehead atoms. The van der Waals surface area contributed by atoms with Crippen LogP contribution in [0.2, 0.25) is 5.02 Å². The third-order valence-corrected chi connectivity index (χ3v) is 5.50. The van der Waals surface area contributed by atoms with E-state index in [1.54, 1.807) is 30.7 Å². The molecule has 0 radical (unpaired) electrons. The highest BCUT2D eigenvalue weighted by Gasteiger charge is 2.42. The lowest BCUT2D eigenvalue weighted by molar-refractivity contribution is -0.141. The average Bonchev–Trinajstić information content (AvgIpc) is 3.38. The normalized spacial score (nSPS) is 19.0. The fraction of sp³-hybridized carbons (Fsp3) is 0.182. The molecule has 1 amide bonds. The van der Waals surface area contributed by atoms with Gasteiger partial charge in [0.15, 0.2) is 0 Å². The summed E-state index contributed by atoms with van der Waals surface area (Å²) in [5.74, 6) is -1.31. The number of aliphatic carboxylic acids is 1. The summed E-state index contributed by atoms with van der Waals surface area (Å²) in [5, 5.41) is 10.2. The fourth-order valence-electron chi connectivity index (χ4n) is 3.77. The summed E-state index contributed by atoms with van der Waals surface area (Å²) in [4.78, 5) is 26.5. The molecule has 1 aromatic heterocycles. The van der Waals surface area contributed by atoms with Crippen LogP contribution in [-0.4, -0.2) is 27.9 Å². The summed E-state index contributed by atoms with van der Waals surface area (Å²) >= 11 is 6.33. The molecule has 2 atom stereocenters. The summed E-state index contributed by atoms with van der Waals surface area (Å²) in [6.07, 6.45) is 4.17. The number of hydrogen-bond donors (Lipinski definition) is 1. The van der Waals surface area contributed by atoms with Crippen LogP contribution < -0.4 is 0 Å². The van der Waals surface area contributed by atoms with E-state index >= 15 is 0 Å². The molecular weight excluding hydrogens is 378 g/mol. The van der Waals surface area contributed by atoms with Crippen molar-refractivity contribution in [2.75, 3.05) is 0 Å². The lowest BCUT2D eigenvalue weighted by Gasteiger charge is -2.29. The summed E-state index contributed by atoms with van der Waals surface area (Å²) in [5.41, 5.74) is 3.05. The van der Waals surface area contributed by atoms with Crippen LogP contribution in [0, 0.1) is 0 Å². The van der Waals surface area contributed by atoms with Crippen molar-refractivity contribution in [3.8, 4) is 11.1 Å². The molecule has 1 saturated heterocycles. The summed E-state index contributed by atoms with van der Waals surface area (Å²) < 4.78 is 5.09. The molecule has 2 aromatic carbocycles. The van der Waals surface area contributed by atoms with Crippen LogP contribution in [0.15, 0.2) is 71.5 Å². The van der Waals surface area contributed by atoms with Crippen LogP contribution in [0.1, 0.15) is 34.8 Å². The van der Waals surface area contributed by atoms with E-state index in [-0.39, 0.29) is 11.9 Å². The molecule has 4 rings (SSSR count). The van der Waals surface area contributed by atoms with Gasteiger partial charge in [-0.25, -0.2) is 4.79 Å². The molecule has 5 nitrogen and oxygen atoms in total. The highest BCUT2D eigenvalue weighted by molar-refractivity contribution is 6.31. The number of benzene rings is 2. The van der Waals surface area contributed by atoms with Gasteiger partial charge in [-0.1, -0.05) is 41.9 Å². The van der Waals surface area contributed by atoms with Gasteiger partial charge in [0.1, 0.15) is 6.04 Å². The second-order valence-corrected chi connectivity index (χ2v) is 7.18. The second-order valence-electron chi connectivity index (χ2n) is 6.77. The van der Waals surface area contributed by atoms with Crippen molar-refractivity contribution in [1.29, 1.82) is 0 Å². The lowest BCUT2D eigenvalue weighted by Crippen LogP contribution is -2.41. The number of carboxylic acids is 1. The first-order valence-corrected chi connectivity index (χ1v) is 9.36. The molecule has 0 spiro atoms. The number of amides is 1. The minimum Gasteiger partial charge on any atom is -0.480 e. The van der Waals surface area contributed by atoms with Gasteiger partial charge in [-0.2, -0.15) is 0 Å². The number of furan rings is 1. The van der Waals surface area contributed by atoms with E-state index in [0.717, 1.165) is 16.7 Å². The molecular formula is C22H18ClNO4. The van der Waals surface area contributed by atoms with E-state index in [0.29, 0.717) is 23.4 Å². The smallest absolute Gasteiger partial charge is 0.326 e. The zero-order valence-electron chi connectivity index (χ0n) is 14.9. The number of likely N-dealkylation sites (tertiary alicyclic amines) is 1. The molecule has 1 aliphatic rings. The number of hydrogen-bond acceptors (Lipinski definition) is 3. The largest absolute Gasteiger partial charge is 0.480 e. The van der Waals surface area contributed by atoms with Gasteiger partial charge < -0.3 is 14.4 Å². The number of carbonyl (C=O) groups excluding carboxylic acids is 1. The first-order valence-electron chi connectivity index (χ1n) is 8.99. The molecule has 0 unspecified atom stereocenters. The standard InChI is InChI=1S/C22H18ClNO4/c23-18-4-2-1-3-17(18)19-9-10-20(22(26)27)24(19)21(25)15-7-5-14(6-8-15)16-11-12-28-13-16/h1-8,11-13,19-20H,9-10H2,(H,26,27)/t19-,20+/m1/s1. The van der Waals surface area contributed by atoms with Crippen molar-refractivity contribution in [3.63, 3.8) is 0 Å². The van der Waals surface area contributed by atoms with Crippen LogP contribution in [0.4, 0.5) is 0 Å². The van der Waals surface area contributed by atoms with Crippen molar-refractivity contribution in [3.05, 3.63) is 83.3 Å². The van der Waals surface area contributed by atoms with Crippen LogP contribution in [0.5, 0.6) is 0 Å². The van der Waals surface area contributed by atoms with Crippen LogP contribution >= 0.6 is 11.6 Å². The highest BCUT2D eigenvalue weighted by atomic mass is 35.5. The van der Waals surface area contributed by atoms with Crippen molar-refractivity contribution >= 4 is 23.5 Å². The number of nitrogens with zero attached hydrogens (tertiary/aromatic N) is 1. The van der Waals surface area contributed by atoms with E-state index in [1.165, 1.54) is 4.90 Å². The van der Waals surface area contributed by atoms with Gasteiger partial charge in [-0.15, -0.1) is 0 Å². The number of halogens is 1. The topological polar surface area (TPSA) is 70.8 Å². The van der Waals surface area contributed by atoms with E-state index in [1.807, 2.05) is 36.4 Å². The van der Waals surface area contributed by atoms with Crippen molar-refractivity contribution in [1.82, 2.24) is 4.90 Å². The summed E-state index contributed by atoms with van der Waals surface area (Å²) in [7, 11) is 0. The highest BCUT2D eigenvalue weighted by Crippen LogP contribution is 2.40. The molecule has 28 heavy (non-hydrogen) atoms. The van der Waals surface area contributed by atoms with Crippen molar-refractivity contribution in [2.24, 2.45) is 0 Å². The van der Waals surface area contributed by atoms with Crippen LogP contribution in [0.25, 0.3) is 11.1 Å². The molecule has 1 fully saturated rings. The van der Waals surface area contributed by atoms with E-state index in [4.69, 9.17) is 16.0 Å². The van der Waals surface area contributed by atoms with Crippen LogP contribution in [0.3, 0.4) is 0 Å². The van der Waals surface area contributed by atoms with Gasteiger partial charge in [-0.3, -0.25) is 4.79 Å². The maximum atomic E-state index is 13.3. The molecule has 2 heterocycles. The Morgan fingerprint density at radius 3 is 2.39 bits per heavy atom. The second kappa shape index (κ2) is 7.52. The minimum atomic E-state index is -1.00. The molecule has 0 aliphatic carbocycles. The summed E-state index contributed by atoms with van der Waals surface area (Å²) in [6, 6.07) is 14.9. The Labute approximate surface area is 167 Å². The Morgan fingerprint density at radius 1 is 1.00 bits per heavy atom. The fourth-order valence-corrected chi connectivity index (χ4v) is 4.03. The third kappa shape index (κ3) is 3.29. The Balaban J connectivity index is 1.67. The number of rotatable bonds is 4. The van der Waals surface area contributed by atoms with Crippen LogP contribution in [-0.2, 0) is 4.79 Å². The quantitative estimate of drug-likeness (QED) is 0.672. The predicted octanol–water partition coefficient (Wildman–Crippen LogP) is 5.03. The first-order chi connectivity index (χ1) is 13.6. The third-order valence-electron chi connectivity index (χ3n) is 5.16. The SMILES string of the molecule is O=C(O)[C@@H]1CC[C@H](c2ccccc2Cl)N1C(=O)c1ccc(-c2ccoc2)cc1. The van der Waals surface area contributed by atoms with E-state index in [2.05, 4.69) is 0 Å². The van der Waals surface area contributed by atoms with E-state index in [9.17, 15) is 14.7 Å². The average molecular weight is 396 g/mol. The van der Waals surface area contributed by atoms with Gasteiger partial charge in [0, 0.05) is 16.1 Å². The molecule has 0 saturated carbocycles. The zero-order valence-corrected chi connectivity index (χ0v) is 15.7. The Hall–Kier alpha value is -3.05. The van der Waals surface area contributed by atoms with Gasteiger partial charge in [-0.05, 0) is 48.2 Å². The maximum Gasteiger partial charge on any atom is 0.326 e. The predicted molar refractivity (Wildman–Crippen MR) is 105 cm³/mol. The van der Waals surface area contributed by atoms with Crippen molar-refractivity contribution < 1.29 is 19.1 Å². The maximum absolute atomic E-state index is 13.3.